The van der Waals surface area contributed by atoms with Crippen molar-refractivity contribution in [3.05, 3.63) is 18.5 Å². The molecule has 2 heterocycles. The zero-order valence-electron chi connectivity index (χ0n) is 12.0. The molecule has 2 atom stereocenters. The van der Waals surface area contributed by atoms with E-state index in [-0.39, 0.29) is 18.0 Å². The second-order valence-electron chi connectivity index (χ2n) is 5.54. The summed E-state index contributed by atoms with van der Waals surface area (Å²) in [5, 5.41) is 7.62. The highest BCUT2D eigenvalue weighted by molar-refractivity contribution is 5.80. The first-order valence-electron chi connectivity index (χ1n) is 7.12. The Kier molecular flexibility index (Phi) is 4.58. The molecule has 106 valence electrons. The van der Waals surface area contributed by atoms with Gasteiger partial charge in [0.15, 0.2) is 0 Å². The second-order valence-corrected chi connectivity index (χ2v) is 5.54. The van der Waals surface area contributed by atoms with Gasteiger partial charge in [0.25, 0.3) is 0 Å². The van der Waals surface area contributed by atoms with Gasteiger partial charge in [-0.2, -0.15) is 5.10 Å². The highest BCUT2D eigenvalue weighted by atomic mass is 16.2. The molecule has 0 aliphatic carbocycles. The van der Waals surface area contributed by atoms with Gasteiger partial charge in [0.05, 0.1) is 0 Å². The Balaban J connectivity index is 2.03. The molecule has 5 heteroatoms. The Hall–Kier alpha value is -1.36. The molecule has 1 aliphatic heterocycles. The molecule has 0 saturated carbocycles. The molecule has 0 spiro atoms. The van der Waals surface area contributed by atoms with E-state index in [1.54, 1.807) is 10.9 Å². The van der Waals surface area contributed by atoms with Crippen LogP contribution >= 0.6 is 0 Å². The molecule has 1 aliphatic rings. The quantitative estimate of drug-likeness (QED) is 0.875. The van der Waals surface area contributed by atoms with Gasteiger partial charge in [-0.1, -0.05) is 0 Å². The number of nitrogens with one attached hydrogen (secondary N) is 1. The number of hydrogen-bond acceptors (Lipinski definition) is 3. The van der Waals surface area contributed by atoms with Crippen molar-refractivity contribution in [2.75, 3.05) is 13.1 Å². The van der Waals surface area contributed by atoms with Crippen LogP contribution in [0.25, 0.3) is 0 Å². The van der Waals surface area contributed by atoms with E-state index in [1.807, 2.05) is 24.1 Å². The minimum atomic E-state index is -0.237. The maximum absolute atomic E-state index is 12.6. The van der Waals surface area contributed by atoms with Crippen LogP contribution in [0.3, 0.4) is 0 Å². The van der Waals surface area contributed by atoms with Gasteiger partial charge >= 0.3 is 0 Å². The molecule has 2 rings (SSSR count). The third kappa shape index (κ3) is 3.35. The van der Waals surface area contributed by atoms with Crippen molar-refractivity contribution >= 4 is 5.91 Å². The van der Waals surface area contributed by atoms with Gasteiger partial charge in [-0.15, -0.1) is 0 Å². The number of hydrogen-bond donors (Lipinski definition) is 1. The normalized spacial score (nSPS) is 20.7. The minimum Gasteiger partial charge on any atom is -0.337 e. The SMILES string of the molecule is CC(C)N(CC1CCCN1)C(=O)C(C)n1cccn1. The molecule has 1 fully saturated rings. The maximum Gasteiger partial charge on any atom is 0.247 e. The average molecular weight is 264 g/mol. The van der Waals surface area contributed by atoms with Crippen molar-refractivity contribution in [2.24, 2.45) is 0 Å². The zero-order chi connectivity index (χ0) is 13.8. The standard InChI is InChI=1S/C14H24N4O/c1-11(2)17(10-13-6-4-7-15-13)14(19)12(3)18-9-5-8-16-18/h5,8-9,11-13,15H,4,6-7,10H2,1-3H3. The Bertz CT molecular complexity index is 396. The first kappa shape index (κ1) is 14.1. The minimum absolute atomic E-state index is 0.146. The molecule has 0 radical (unpaired) electrons. The number of amides is 1. The summed E-state index contributed by atoms with van der Waals surface area (Å²) in [6.07, 6.45) is 5.92. The number of carbonyl (C=O) groups is 1. The highest BCUT2D eigenvalue weighted by Gasteiger charge is 2.27. The van der Waals surface area contributed by atoms with Gasteiger partial charge in [0.1, 0.15) is 6.04 Å². The monoisotopic (exact) mass is 264 g/mol. The van der Waals surface area contributed by atoms with Crippen molar-refractivity contribution in [2.45, 2.75) is 51.7 Å². The fraction of sp³-hybridized carbons (Fsp3) is 0.714. The number of nitrogens with zero attached hydrogens (tertiary/aromatic N) is 3. The summed E-state index contributed by atoms with van der Waals surface area (Å²) in [6, 6.07) is 2.27. The molecule has 1 aromatic heterocycles. The first-order valence-corrected chi connectivity index (χ1v) is 7.12. The molecule has 0 bridgehead atoms. The summed E-state index contributed by atoms with van der Waals surface area (Å²) in [5.41, 5.74) is 0. The Morgan fingerprint density at radius 2 is 2.32 bits per heavy atom. The van der Waals surface area contributed by atoms with E-state index in [9.17, 15) is 4.79 Å². The predicted octanol–water partition coefficient (Wildman–Crippen LogP) is 1.43. The molecule has 5 nitrogen and oxygen atoms in total. The third-order valence-corrected chi connectivity index (χ3v) is 3.76. The van der Waals surface area contributed by atoms with E-state index >= 15 is 0 Å². The Morgan fingerprint density at radius 1 is 1.53 bits per heavy atom. The van der Waals surface area contributed by atoms with Crippen LogP contribution in [0.4, 0.5) is 0 Å². The van der Waals surface area contributed by atoms with E-state index < -0.39 is 0 Å². The smallest absolute Gasteiger partial charge is 0.247 e. The van der Waals surface area contributed by atoms with Gasteiger partial charge in [-0.05, 0) is 46.2 Å². The molecule has 1 saturated heterocycles. The molecule has 1 N–H and O–H groups in total. The van der Waals surface area contributed by atoms with Crippen LogP contribution in [-0.2, 0) is 4.79 Å². The summed E-state index contributed by atoms with van der Waals surface area (Å²) < 4.78 is 1.72. The van der Waals surface area contributed by atoms with Crippen LogP contribution in [0.2, 0.25) is 0 Å². The van der Waals surface area contributed by atoms with Crippen molar-refractivity contribution < 1.29 is 4.79 Å². The topological polar surface area (TPSA) is 50.2 Å². The summed E-state index contributed by atoms with van der Waals surface area (Å²) in [4.78, 5) is 14.6. The number of aromatic nitrogens is 2. The number of carbonyl (C=O) groups excluding carboxylic acids is 1. The van der Waals surface area contributed by atoms with Crippen LogP contribution < -0.4 is 5.32 Å². The lowest BCUT2D eigenvalue weighted by molar-refractivity contribution is -0.136. The molecular formula is C14H24N4O. The fourth-order valence-corrected chi connectivity index (χ4v) is 2.57. The highest BCUT2D eigenvalue weighted by Crippen LogP contribution is 2.15. The summed E-state index contributed by atoms with van der Waals surface area (Å²) in [7, 11) is 0. The van der Waals surface area contributed by atoms with E-state index in [0.717, 1.165) is 19.5 Å². The molecule has 1 amide bonds. The fourth-order valence-electron chi connectivity index (χ4n) is 2.57. The van der Waals surface area contributed by atoms with Crippen LogP contribution in [0, 0.1) is 0 Å². The number of rotatable bonds is 5. The van der Waals surface area contributed by atoms with Gasteiger partial charge in [-0.25, -0.2) is 0 Å². The first-order chi connectivity index (χ1) is 9.09. The van der Waals surface area contributed by atoms with Crippen molar-refractivity contribution in [3.8, 4) is 0 Å². The van der Waals surface area contributed by atoms with E-state index in [4.69, 9.17) is 0 Å². The van der Waals surface area contributed by atoms with Crippen molar-refractivity contribution in [3.63, 3.8) is 0 Å². The van der Waals surface area contributed by atoms with Gasteiger partial charge in [0.2, 0.25) is 5.91 Å². The third-order valence-electron chi connectivity index (χ3n) is 3.76. The van der Waals surface area contributed by atoms with Crippen molar-refractivity contribution in [1.29, 1.82) is 0 Å². The van der Waals surface area contributed by atoms with E-state index in [0.29, 0.717) is 6.04 Å². The van der Waals surface area contributed by atoms with Gasteiger partial charge in [0, 0.05) is 31.0 Å². The van der Waals surface area contributed by atoms with E-state index in [1.165, 1.54) is 6.42 Å². The second kappa shape index (κ2) is 6.19. The lowest BCUT2D eigenvalue weighted by Gasteiger charge is -2.31. The zero-order valence-corrected chi connectivity index (χ0v) is 12.0. The summed E-state index contributed by atoms with van der Waals surface area (Å²) in [5.74, 6) is 0.146. The van der Waals surface area contributed by atoms with Crippen molar-refractivity contribution in [1.82, 2.24) is 20.0 Å². The maximum atomic E-state index is 12.6. The average Bonchev–Trinajstić information content (AvgIpc) is 3.06. The largest absolute Gasteiger partial charge is 0.337 e. The molecule has 2 unspecified atom stereocenters. The molecular weight excluding hydrogens is 240 g/mol. The Morgan fingerprint density at radius 3 is 2.84 bits per heavy atom. The van der Waals surface area contributed by atoms with Crippen LogP contribution in [0.5, 0.6) is 0 Å². The Labute approximate surface area is 115 Å². The summed E-state index contributed by atoms with van der Waals surface area (Å²) >= 11 is 0. The van der Waals surface area contributed by atoms with Gasteiger partial charge in [-0.3, -0.25) is 9.48 Å². The molecule has 0 aromatic carbocycles. The lowest BCUT2D eigenvalue weighted by Crippen LogP contribution is -2.47. The predicted molar refractivity (Wildman–Crippen MR) is 74.8 cm³/mol. The van der Waals surface area contributed by atoms with Crippen LogP contribution in [0.15, 0.2) is 18.5 Å². The molecule has 1 aromatic rings. The summed E-state index contributed by atoms with van der Waals surface area (Å²) in [6.45, 7) is 7.92. The van der Waals surface area contributed by atoms with Crippen LogP contribution in [0.1, 0.15) is 39.7 Å². The van der Waals surface area contributed by atoms with E-state index in [2.05, 4.69) is 24.3 Å². The van der Waals surface area contributed by atoms with Gasteiger partial charge < -0.3 is 10.2 Å². The molecule has 19 heavy (non-hydrogen) atoms. The van der Waals surface area contributed by atoms with Crippen LogP contribution in [-0.4, -0.2) is 45.8 Å². The lowest BCUT2D eigenvalue weighted by atomic mass is 10.1.